The minimum atomic E-state index is -0.864. The molecule has 0 saturated heterocycles. The lowest BCUT2D eigenvalue weighted by Crippen LogP contribution is -3.00. The maximum absolute atomic E-state index is 10.5. The van der Waals surface area contributed by atoms with Crippen LogP contribution in [0.15, 0.2) is 29.6 Å². The molecule has 0 aliphatic heterocycles. The van der Waals surface area contributed by atoms with Gasteiger partial charge < -0.3 is 22.3 Å². The highest BCUT2D eigenvalue weighted by molar-refractivity contribution is 7.13. The van der Waals surface area contributed by atoms with Gasteiger partial charge in [0.2, 0.25) is 0 Å². The number of benzene rings is 1. The molecule has 6 heteroatoms. The van der Waals surface area contributed by atoms with Crippen LogP contribution < -0.4 is 17.1 Å². The Kier molecular flexibility index (Phi) is 5.12. The van der Waals surface area contributed by atoms with Crippen molar-refractivity contribution in [3.8, 4) is 16.3 Å². The Balaban J connectivity index is 0.00000162. The number of hydrogen-bond donors (Lipinski definition) is 1. The van der Waals surface area contributed by atoms with Crippen LogP contribution >= 0.6 is 11.3 Å². The van der Waals surface area contributed by atoms with E-state index in [0.29, 0.717) is 5.69 Å². The molecular formula is C12H11ClNO3S-. The molecule has 0 fully saturated rings. The van der Waals surface area contributed by atoms with Crippen molar-refractivity contribution in [1.29, 1.82) is 0 Å². The van der Waals surface area contributed by atoms with Crippen LogP contribution in [0.1, 0.15) is 5.69 Å². The van der Waals surface area contributed by atoms with Gasteiger partial charge in [-0.3, -0.25) is 4.79 Å². The summed E-state index contributed by atoms with van der Waals surface area (Å²) >= 11 is 1.44. The molecule has 0 bridgehead atoms. The van der Waals surface area contributed by atoms with E-state index in [4.69, 9.17) is 9.84 Å². The molecule has 0 unspecified atom stereocenters. The van der Waals surface area contributed by atoms with Crippen LogP contribution in [-0.2, 0) is 11.2 Å². The van der Waals surface area contributed by atoms with Gasteiger partial charge in [0.15, 0.2) is 0 Å². The molecule has 96 valence electrons. The first kappa shape index (κ1) is 14.5. The van der Waals surface area contributed by atoms with Gasteiger partial charge in [-0.15, -0.1) is 11.3 Å². The third-order valence-electron chi connectivity index (χ3n) is 2.22. The number of nitrogens with zero attached hydrogens (tertiary/aromatic N) is 1. The molecule has 2 aromatic rings. The van der Waals surface area contributed by atoms with Crippen LogP contribution in [-0.4, -0.2) is 23.2 Å². The normalized spacial score (nSPS) is 9.61. The largest absolute Gasteiger partial charge is 1.00 e. The highest BCUT2D eigenvalue weighted by atomic mass is 35.5. The van der Waals surface area contributed by atoms with Crippen LogP contribution in [0.5, 0.6) is 5.75 Å². The molecule has 0 radical (unpaired) electrons. The maximum atomic E-state index is 10.5. The Morgan fingerprint density at radius 2 is 2.06 bits per heavy atom. The molecule has 18 heavy (non-hydrogen) atoms. The third kappa shape index (κ3) is 3.45. The van der Waals surface area contributed by atoms with Gasteiger partial charge in [0, 0.05) is 10.9 Å². The number of methoxy groups -OCH3 is 1. The lowest BCUT2D eigenvalue weighted by Gasteiger charge is -2.00. The fraction of sp³-hybridized carbons (Fsp3) is 0.167. The second-order valence-electron chi connectivity index (χ2n) is 3.44. The van der Waals surface area contributed by atoms with E-state index < -0.39 is 5.97 Å². The SMILES string of the molecule is COc1ccc(-c2nc(CC(=O)O)cs2)cc1.[Cl-]. The maximum Gasteiger partial charge on any atom is 0.309 e. The van der Waals surface area contributed by atoms with E-state index >= 15 is 0 Å². The van der Waals surface area contributed by atoms with Gasteiger partial charge >= 0.3 is 5.97 Å². The molecule has 0 aliphatic rings. The molecule has 4 nitrogen and oxygen atoms in total. The molecule has 0 saturated carbocycles. The summed E-state index contributed by atoms with van der Waals surface area (Å²) in [6.45, 7) is 0. The van der Waals surface area contributed by atoms with Crippen molar-refractivity contribution < 1.29 is 27.0 Å². The van der Waals surface area contributed by atoms with E-state index in [-0.39, 0.29) is 18.8 Å². The van der Waals surface area contributed by atoms with E-state index in [9.17, 15) is 4.79 Å². The number of rotatable bonds is 4. The highest BCUT2D eigenvalue weighted by Gasteiger charge is 2.07. The zero-order valence-corrected chi connectivity index (χ0v) is 11.2. The van der Waals surface area contributed by atoms with Crippen LogP contribution in [0.25, 0.3) is 10.6 Å². The minimum absolute atomic E-state index is 0. The van der Waals surface area contributed by atoms with Crippen LogP contribution in [0, 0.1) is 0 Å². The van der Waals surface area contributed by atoms with Crippen molar-refractivity contribution in [3.05, 3.63) is 35.3 Å². The molecule has 1 aromatic carbocycles. The number of aromatic nitrogens is 1. The number of carboxylic acids is 1. The number of carbonyl (C=O) groups is 1. The quantitative estimate of drug-likeness (QED) is 0.818. The average Bonchev–Trinajstić information content (AvgIpc) is 2.77. The number of hydrogen-bond acceptors (Lipinski definition) is 4. The van der Waals surface area contributed by atoms with Crippen LogP contribution in [0.4, 0.5) is 0 Å². The zero-order chi connectivity index (χ0) is 12.3. The van der Waals surface area contributed by atoms with Crippen molar-refractivity contribution in [3.63, 3.8) is 0 Å². The number of ether oxygens (including phenoxy) is 1. The predicted octanol–water partition coefficient (Wildman–Crippen LogP) is -0.550. The Hall–Kier alpha value is -1.59. The first-order chi connectivity index (χ1) is 8.19. The summed E-state index contributed by atoms with van der Waals surface area (Å²) in [5.41, 5.74) is 1.56. The summed E-state index contributed by atoms with van der Waals surface area (Å²) in [4.78, 5) is 14.8. The molecule has 0 amide bonds. The summed E-state index contributed by atoms with van der Waals surface area (Å²) in [6, 6.07) is 7.52. The summed E-state index contributed by atoms with van der Waals surface area (Å²) in [5, 5.41) is 11.3. The average molecular weight is 285 g/mol. The van der Waals surface area contributed by atoms with Gasteiger partial charge in [-0.2, -0.15) is 0 Å². The van der Waals surface area contributed by atoms with Gasteiger partial charge in [-0.25, -0.2) is 4.98 Å². The van der Waals surface area contributed by atoms with Crippen molar-refractivity contribution in [2.45, 2.75) is 6.42 Å². The highest BCUT2D eigenvalue weighted by Crippen LogP contribution is 2.25. The topological polar surface area (TPSA) is 59.4 Å². The van der Waals surface area contributed by atoms with Gasteiger partial charge in [-0.1, -0.05) is 0 Å². The smallest absolute Gasteiger partial charge is 0.309 e. The van der Waals surface area contributed by atoms with Gasteiger partial charge in [0.25, 0.3) is 0 Å². The van der Waals surface area contributed by atoms with Gasteiger partial charge in [0.05, 0.1) is 19.2 Å². The first-order valence-electron chi connectivity index (χ1n) is 4.99. The van der Waals surface area contributed by atoms with Crippen LogP contribution in [0.3, 0.4) is 0 Å². The van der Waals surface area contributed by atoms with E-state index in [1.54, 1.807) is 12.5 Å². The summed E-state index contributed by atoms with van der Waals surface area (Å²) in [7, 11) is 1.61. The lowest BCUT2D eigenvalue weighted by atomic mass is 10.2. The molecule has 2 rings (SSSR count). The molecule has 0 spiro atoms. The molecule has 0 atom stereocenters. The number of halogens is 1. The number of carboxylic acid groups (broad SMARTS) is 1. The van der Waals surface area contributed by atoms with E-state index in [1.807, 2.05) is 24.3 Å². The fourth-order valence-electron chi connectivity index (χ4n) is 1.41. The van der Waals surface area contributed by atoms with Gasteiger partial charge in [0.1, 0.15) is 10.8 Å². The number of thiazole rings is 1. The lowest BCUT2D eigenvalue weighted by molar-refractivity contribution is -0.136. The molecule has 0 aliphatic carbocycles. The Bertz CT molecular complexity index is 524. The van der Waals surface area contributed by atoms with E-state index in [2.05, 4.69) is 4.98 Å². The number of aliphatic carboxylic acids is 1. The van der Waals surface area contributed by atoms with Crippen molar-refractivity contribution in [2.75, 3.05) is 7.11 Å². The van der Waals surface area contributed by atoms with Crippen LogP contribution in [0.2, 0.25) is 0 Å². The van der Waals surface area contributed by atoms with Crippen molar-refractivity contribution in [1.82, 2.24) is 4.98 Å². The second-order valence-corrected chi connectivity index (χ2v) is 4.30. The summed E-state index contributed by atoms with van der Waals surface area (Å²) < 4.78 is 5.07. The molecular weight excluding hydrogens is 274 g/mol. The Morgan fingerprint density at radius 3 is 2.61 bits per heavy atom. The van der Waals surface area contributed by atoms with Crippen molar-refractivity contribution in [2.24, 2.45) is 0 Å². The monoisotopic (exact) mass is 284 g/mol. The fourth-order valence-corrected chi connectivity index (χ4v) is 2.24. The van der Waals surface area contributed by atoms with Crippen molar-refractivity contribution >= 4 is 17.3 Å². The molecule has 1 N–H and O–H groups in total. The second kappa shape index (κ2) is 6.37. The minimum Gasteiger partial charge on any atom is -1.00 e. The molecule has 1 heterocycles. The summed E-state index contributed by atoms with van der Waals surface area (Å²) in [6.07, 6.45) is -0.0351. The zero-order valence-electron chi connectivity index (χ0n) is 9.59. The molecule has 1 aromatic heterocycles. The summed E-state index contributed by atoms with van der Waals surface area (Å²) in [5.74, 6) is -0.0763. The van der Waals surface area contributed by atoms with Gasteiger partial charge in [-0.05, 0) is 24.3 Å². The Labute approximate surface area is 115 Å². The third-order valence-corrected chi connectivity index (χ3v) is 3.16. The standard InChI is InChI=1S/C12H11NO3S.ClH/c1-16-10-4-2-8(3-5-10)12-13-9(7-17-12)6-11(14)15;/h2-5,7H,6H2,1H3,(H,14,15);1H/p-1. The van der Waals surface area contributed by atoms with E-state index in [0.717, 1.165) is 16.3 Å². The van der Waals surface area contributed by atoms with E-state index in [1.165, 1.54) is 11.3 Å². The predicted molar refractivity (Wildman–Crippen MR) is 65.4 cm³/mol. The Morgan fingerprint density at radius 1 is 1.39 bits per heavy atom. The first-order valence-corrected chi connectivity index (χ1v) is 5.87.